The summed E-state index contributed by atoms with van der Waals surface area (Å²) < 4.78 is 5.73. The first-order chi connectivity index (χ1) is 16.9. The number of carbonyl (C=O) groups is 2. The molecule has 0 atom stereocenters. The minimum absolute atomic E-state index is 0.0484. The second kappa shape index (κ2) is 13.2. The Bertz CT molecular complexity index is 1130. The Kier molecular flexibility index (Phi) is 9.80. The molecule has 182 valence electrons. The fraction of sp³-hybridized carbons (Fsp3) is 0.250. The van der Waals surface area contributed by atoms with Gasteiger partial charge in [0.15, 0.2) is 5.11 Å². The summed E-state index contributed by atoms with van der Waals surface area (Å²) in [4.78, 5) is 24.8. The Morgan fingerprint density at radius 1 is 0.886 bits per heavy atom. The highest BCUT2D eigenvalue weighted by Crippen LogP contribution is 2.16. The number of nitrogens with one attached hydrogen (secondary N) is 3. The second-order valence-corrected chi connectivity index (χ2v) is 8.99. The van der Waals surface area contributed by atoms with Crippen LogP contribution >= 0.6 is 12.2 Å². The van der Waals surface area contributed by atoms with Gasteiger partial charge in [-0.3, -0.25) is 14.9 Å². The van der Waals surface area contributed by atoms with E-state index in [1.165, 1.54) is 0 Å². The van der Waals surface area contributed by atoms with Gasteiger partial charge in [-0.1, -0.05) is 50.2 Å². The first-order valence-electron chi connectivity index (χ1n) is 11.7. The lowest BCUT2D eigenvalue weighted by Crippen LogP contribution is -2.34. The minimum Gasteiger partial charge on any atom is -0.494 e. The van der Waals surface area contributed by atoms with E-state index >= 15 is 0 Å². The average molecular weight is 490 g/mol. The number of rotatable bonds is 10. The number of thiocarbonyl (C=S) groups is 1. The van der Waals surface area contributed by atoms with Crippen molar-refractivity contribution in [3.8, 4) is 5.75 Å². The first-order valence-corrected chi connectivity index (χ1v) is 12.1. The molecular formula is C28H31N3O3S. The molecule has 3 aromatic carbocycles. The first kappa shape index (κ1) is 25.9. The van der Waals surface area contributed by atoms with E-state index in [0.29, 0.717) is 48.1 Å². The van der Waals surface area contributed by atoms with Crippen molar-refractivity contribution in [2.24, 2.45) is 5.92 Å². The SMILES string of the molecule is CC(C)CCOc1cccc(C(=O)NC(=S)Nc2ccc(NC(=O)CCc3ccccc3)cc2)c1. The molecular weight excluding hydrogens is 458 g/mol. The van der Waals surface area contributed by atoms with Crippen LogP contribution in [0.1, 0.15) is 42.6 Å². The molecule has 0 saturated carbocycles. The Morgan fingerprint density at radius 3 is 2.26 bits per heavy atom. The number of aryl methyl sites for hydroxylation is 1. The van der Waals surface area contributed by atoms with Gasteiger partial charge in [-0.2, -0.15) is 0 Å². The van der Waals surface area contributed by atoms with Crippen molar-refractivity contribution >= 4 is 40.5 Å². The Morgan fingerprint density at radius 2 is 1.57 bits per heavy atom. The molecule has 0 bridgehead atoms. The zero-order valence-corrected chi connectivity index (χ0v) is 20.9. The maximum absolute atomic E-state index is 12.6. The van der Waals surface area contributed by atoms with Crippen LogP contribution in [0.25, 0.3) is 0 Å². The molecule has 0 heterocycles. The number of hydrogen-bond donors (Lipinski definition) is 3. The maximum Gasteiger partial charge on any atom is 0.257 e. The smallest absolute Gasteiger partial charge is 0.257 e. The van der Waals surface area contributed by atoms with Crippen LogP contribution in [-0.2, 0) is 11.2 Å². The number of anilines is 2. The monoisotopic (exact) mass is 489 g/mol. The lowest BCUT2D eigenvalue weighted by Gasteiger charge is -2.12. The van der Waals surface area contributed by atoms with Crippen molar-refractivity contribution < 1.29 is 14.3 Å². The number of hydrogen-bond acceptors (Lipinski definition) is 4. The lowest BCUT2D eigenvalue weighted by molar-refractivity contribution is -0.116. The lowest BCUT2D eigenvalue weighted by atomic mass is 10.1. The standard InChI is InChI=1S/C28H31N3O3S/c1-20(2)17-18-34-25-10-6-9-22(19-25)27(33)31-28(35)30-24-14-12-23(13-15-24)29-26(32)16-11-21-7-4-3-5-8-21/h3-10,12-15,19-20H,11,16-18H2,1-2H3,(H,29,32)(H2,30,31,33,35). The molecule has 0 aliphatic heterocycles. The van der Waals surface area contributed by atoms with E-state index < -0.39 is 0 Å². The third-order valence-corrected chi connectivity index (χ3v) is 5.40. The molecule has 0 aliphatic rings. The minimum atomic E-state index is -0.320. The van der Waals surface area contributed by atoms with Gasteiger partial charge < -0.3 is 15.4 Å². The van der Waals surface area contributed by atoms with Gasteiger partial charge in [0, 0.05) is 23.4 Å². The summed E-state index contributed by atoms with van der Waals surface area (Å²) in [6.07, 6.45) is 2.04. The summed E-state index contributed by atoms with van der Waals surface area (Å²) in [5.74, 6) is 0.834. The Hall–Kier alpha value is -3.71. The highest BCUT2D eigenvalue weighted by Gasteiger charge is 2.10. The highest BCUT2D eigenvalue weighted by atomic mass is 32.1. The molecule has 0 radical (unpaired) electrons. The van der Waals surface area contributed by atoms with E-state index in [4.69, 9.17) is 17.0 Å². The van der Waals surface area contributed by atoms with Crippen LogP contribution in [0.2, 0.25) is 0 Å². The van der Waals surface area contributed by atoms with Crippen LogP contribution in [0.4, 0.5) is 11.4 Å². The van der Waals surface area contributed by atoms with Crippen molar-refractivity contribution in [2.75, 3.05) is 17.2 Å². The Labute approximate surface area is 212 Å². The fourth-order valence-electron chi connectivity index (χ4n) is 3.24. The third-order valence-electron chi connectivity index (χ3n) is 5.20. The van der Waals surface area contributed by atoms with Gasteiger partial charge in [0.1, 0.15) is 5.75 Å². The predicted octanol–water partition coefficient (Wildman–Crippen LogP) is 5.81. The zero-order valence-electron chi connectivity index (χ0n) is 20.0. The van der Waals surface area contributed by atoms with Gasteiger partial charge in [-0.25, -0.2) is 0 Å². The largest absolute Gasteiger partial charge is 0.494 e. The molecule has 3 N–H and O–H groups in total. The normalized spacial score (nSPS) is 10.5. The molecule has 6 nitrogen and oxygen atoms in total. The van der Waals surface area contributed by atoms with E-state index in [1.54, 1.807) is 42.5 Å². The molecule has 35 heavy (non-hydrogen) atoms. The van der Waals surface area contributed by atoms with Crippen LogP contribution in [0, 0.1) is 5.92 Å². The van der Waals surface area contributed by atoms with Gasteiger partial charge in [-0.05, 0) is 79.0 Å². The summed E-state index contributed by atoms with van der Waals surface area (Å²) in [6, 6.07) is 24.1. The molecule has 0 saturated heterocycles. The van der Waals surface area contributed by atoms with Crippen molar-refractivity contribution in [1.29, 1.82) is 0 Å². The van der Waals surface area contributed by atoms with E-state index in [1.807, 2.05) is 36.4 Å². The molecule has 0 aromatic heterocycles. The van der Waals surface area contributed by atoms with E-state index in [2.05, 4.69) is 29.8 Å². The van der Waals surface area contributed by atoms with E-state index in [0.717, 1.165) is 12.0 Å². The topological polar surface area (TPSA) is 79.5 Å². The van der Waals surface area contributed by atoms with Gasteiger partial charge in [-0.15, -0.1) is 0 Å². The highest BCUT2D eigenvalue weighted by molar-refractivity contribution is 7.80. The van der Waals surface area contributed by atoms with Gasteiger partial charge in [0.2, 0.25) is 5.91 Å². The number of ether oxygens (including phenoxy) is 1. The van der Waals surface area contributed by atoms with Crippen LogP contribution in [0.15, 0.2) is 78.9 Å². The van der Waals surface area contributed by atoms with Crippen LogP contribution in [0.3, 0.4) is 0 Å². The molecule has 7 heteroatoms. The summed E-state index contributed by atoms with van der Waals surface area (Å²) in [6.45, 7) is 4.88. The van der Waals surface area contributed by atoms with Gasteiger partial charge >= 0.3 is 0 Å². The summed E-state index contributed by atoms with van der Waals surface area (Å²) >= 11 is 5.28. The number of benzene rings is 3. The zero-order chi connectivity index (χ0) is 25.0. The van der Waals surface area contributed by atoms with Gasteiger partial charge in [0.05, 0.1) is 6.61 Å². The van der Waals surface area contributed by atoms with Crippen LogP contribution in [0.5, 0.6) is 5.75 Å². The molecule has 0 spiro atoms. The van der Waals surface area contributed by atoms with Crippen molar-refractivity contribution in [2.45, 2.75) is 33.1 Å². The molecule has 0 fully saturated rings. The fourth-order valence-corrected chi connectivity index (χ4v) is 3.45. The quantitative estimate of drug-likeness (QED) is 0.313. The predicted molar refractivity (Wildman–Crippen MR) is 145 cm³/mol. The summed E-state index contributed by atoms with van der Waals surface area (Å²) in [5.41, 5.74) is 2.98. The van der Waals surface area contributed by atoms with Crippen molar-refractivity contribution in [1.82, 2.24) is 5.32 Å². The number of carbonyl (C=O) groups excluding carboxylic acids is 2. The number of amides is 2. The van der Waals surface area contributed by atoms with E-state index in [-0.39, 0.29) is 16.9 Å². The van der Waals surface area contributed by atoms with Crippen LogP contribution in [-0.4, -0.2) is 23.5 Å². The third kappa shape index (κ3) is 9.22. The molecule has 3 rings (SSSR count). The molecule has 3 aromatic rings. The van der Waals surface area contributed by atoms with Crippen LogP contribution < -0.4 is 20.7 Å². The average Bonchev–Trinajstić information content (AvgIpc) is 2.84. The second-order valence-electron chi connectivity index (χ2n) is 8.58. The summed E-state index contributed by atoms with van der Waals surface area (Å²) in [7, 11) is 0. The van der Waals surface area contributed by atoms with E-state index in [9.17, 15) is 9.59 Å². The summed E-state index contributed by atoms with van der Waals surface area (Å²) in [5, 5.41) is 8.74. The van der Waals surface area contributed by atoms with Crippen molar-refractivity contribution in [3.63, 3.8) is 0 Å². The van der Waals surface area contributed by atoms with Crippen molar-refractivity contribution in [3.05, 3.63) is 90.0 Å². The molecule has 0 aliphatic carbocycles. The maximum atomic E-state index is 12.6. The van der Waals surface area contributed by atoms with Gasteiger partial charge in [0.25, 0.3) is 5.91 Å². The molecule has 2 amide bonds. The molecule has 0 unspecified atom stereocenters. The Balaban J connectivity index is 1.45.